The number of hydrogen-bond acceptors (Lipinski definition) is 6. The number of hydrogen-bond donors (Lipinski definition) is 0. The van der Waals surface area contributed by atoms with Crippen LogP contribution in [0.3, 0.4) is 0 Å². The molecule has 2 aliphatic heterocycles. The van der Waals surface area contributed by atoms with E-state index in [-0.39, 0.29) is 11.0 Å². The van der Waals surface area contributed by atoms with Gasteiger partial charge in [-0.1, -0.05) is 63.6 Å². The van der Waals surface area contributed by atoms with Crippen LogP contribution < -0.4 is 0 Å². The predicted molar refractivity (Wildman–Crippen MR) is 156 cm³/mol. The SMILES string of the molecule is CO[C@@](C(=O)O[C@H]1OC(=O)C=C1[C@H]1CC=C(CC[C@]2(C)[C@H]3CCC[C@@]4(C)C[C@@]34CC[C@@H]2C)CO1)(c1ccccc1)C(F)(F)F. The number of halogens is 3. The summed E-state index contributed by atoms with van der Waals surface area (Å²) < 4.78 is 64.4. The van der Waals surface area contributed by atoms with Crippen molar-refractivity contribution in [2.24, 2.45) is 28.1 Å². The van der Waals surface area contributed by atoms with Gasteiger partial charge in [0.15, 0.2) is 0 Å². The molecule has 0 N–H and O–H groups in total. The normalized spacial score (nSPS) is 37.9. The third-order valence-corrected chi connectivity index (χ3v) is 12.2. The van der Waals surface area contributed by atoms with E-state index >= 15 is 0 Å². The summed E-state index contributed by atoms with van der Waals surface area (Å²) >= 11 is 0. The lowest BCUT2D eigenvalue weighted by molar-refractivity contribution is -0.281. The lowest BCUT2D eigenvalue weighted by atomic mass is 9.50. The first-order valence-corrected chi connectivity index (χ1v) is 15.9. The molecule has 1 spiro atoms. The highest BCUT2D eigenvalue weighted by Gasteiger charge is 2.72. The molecular formula is C35H43F3O6. The monoisotopic (exact) mass is 616 g/mol. The number of carbonyl (C=O) groups excluding carboxylic acids is 2. The Hall–Kier alpha value is -2.65. The third-order valence-electron chi connectivity index (χ3n) is 12.2. The first-order chi connectivity index (χ1) is 20.8. The van der Waals surface area contributed by atoms with Gasteiger partial charge < -0.3 is 18.9 Å². The lowest BCUT2D eigenvalue weighted by Gasteiger charge is -2.55. The lowest BCUT2D eigenvalue weighted by Crippen LogP contribution is -2.52. The van der Waals surface area contributed by atoms with E-state index in [2.05, 4.69) is 26.8 Å². The molecule has 5 aliphatic rings. The number of cyclic esters (lactones) is 1. The van der Waals surface area contributed by atoms with Gasteiger partial charge in [0, 0.05) is 24.3 Å². The molecule has 0 saturated heterocycles. The molecule has 1 aromatic rings. The molecule has 44 heavy (non-hydrogen) atoms. The van der Waals surface area contributed by atoms with Gasteiger partial charge in [-0.15, -0.1) is 0 Å². The van der Waals surface area contributed by atoms with Crippen LogP contribution in [0.1, 0.15) is 84.1 Å². The summed E-state index contributed by atoms with van der Waals surface area (Å²) in [5.41, 5.74) is -1.15. The molecule has 0 unspecified atom stereocenters. The summed E-state index contributed by atoms with van der Waals surface area (Å²) in [5.74, 6) is -1.12. The van der Waals surface area contributed by atoms with Crippen molar-refractivity contribution in [2.75, 3.05) is 13.7 Å². The summed E-state index contributed by atoms with van der Waals surface area (Å²) in [4.78, 5) is 25.4. The van der Waals surface area contributed by atoms with Crippen LogP contribution in [0, 0.1) is 28.1 Å². The topological polar surface area (TPSA) is 71.1 Å². The maximum Gasteiger partial charge on any atom is 0.432 e. The van der Waals surface area contributed by atoms with Crippen LogP contribution in [0.15, 0.2) is 53.6 Å². The molecule has 0 amide bonds. The highest BCUT2D eigenvalue weighted by Crippen LogP contribution is 2.80. The average molecular weight is 617 g/mol. The number of esters is 2. The van der Waals surface area contributed by atoms with Crippen LogP contribution in [0.5, 0.6) is 0 Å². The third kappa shape index (κ3) is 4.84. The summed E-state index contributed by atoms with van der Waals surface area (Å²) in [6.07, 6.45) is 6.23. The fourth-order valence-electron chi connectivity index (χ4n) is 9.36. The average Bonchev–Trinajstić information content (AvgIpc) is 3.46. The van der Waals surface area contributed by atoms with Crippen molar-refractivity contribution in [3.8, 4) is 0 Å². The van der Waals surface area contributed by atoms with Crippen molar-refractivity contribution in [3.63, 3.8) is 0 Å². The molecule has 240 valence electrons. The minimum atomic E-state index is -5.15. The van der Waals surface area contributed by atoms with E-state index in [4.69, 9.17) is 18.9 Å². The van der Waals surface area contributed by atoms with E-state index in [0.717, 1.165) is 44.1 Å². The fourth-order valence-corrected chi connectivity index (χ4v) is 9.36. The Balaban J connectivity index is 1.13. The van der Waals surface area contributed by atoms with Gasteiger partial charge in [0.25, 0.3) is 11.9 Å². The van der Waals surface area contributed by atoms with Gasteiger partial charge in [-0.25, -0.2) is 9.59 Å². The van der Waals surface area contributed by atoms with Gasteiger partial charge in [0.05, 0.1) is 12.7 Å². The first kappa shape index (κ1) is 31.3. The molecule has 0 radical (unpaired) electrons. The number of methoxy groups -OCH3 is 1. The van der Waals surface area contributed by atoms with Gasteiger partial charge in [-0.05, 0) is 85.0 Å². The Morgan fingerprint density at radius 2 is 1.86 bits per heavy atom. The van der Waals surface area contributed by atoms with Crippen molar-refractivity contribution in [2.45, 2.75) is 103 Å². The Bertz CT molecular complexity index is 1360. The molecule has 6 nitrogen and oxygen atoms in total. The van der Waals surface area contributed by atoms with Crippen molar-refractivity contribution in [1.29, 1.82) is 0 Å². The molecule has 2 heterocycles. The minimum Gasteiger partial charge on any atom is -0.418 e. The van der Waals surface area contributed by atoms with E-state index < -0.39 is 41.7 Å². The second-order valence-corrected chi connectivity index (χ2v) is 14.2. The first-order valence-electron chi connectivity index (χ1n) is 15.9. The Morgan fingerprint density at radius 1 is 1.11 bits per heavy atom. The van der Waals surface area contributed by atoms with Crippen LogP contribution in [-0.4, -0.2) is 44.2 Å². The quantitative estimate of drug-likeness (QED) is 0.222. The summed E-state index contributed by atoms with van der Waals surface area (Å²) in [6, 6.07) is 6.54. The molecule has 0 bridgehead atoms. The maximum atomic E-state index is 14.4. The van der Waals surface area contributed by atoms with Crippen molar-refractivity contribution in [1.82, 2.24) is 0 Å². The minimum absolute atomic E-state index is 0.184. The number of ether oxygens (including phenoxy) is 4. The molecule has 9 heteroatoms. The summed E-state index contributed by atoms with van der Waals surface area (Å²) in [5, 5.41) is 0. The molecule has 0 aromatic heterocycles. The number of benzene rings is 1. The van der Waals surface area contributed by atoms with E-state index in [9.17, 15) is 22.8 Å². The Morgan fingerprint density at radius 3 is 2.52 bits per heavy atom. The van der Waals surface area contributed by atoms with Gasteiger partial charge in [0.2, 0.25) is 0 Å². The van der Waals surface area contributed by atoms with Crippen LogP contribution in [-0.2, 0) is 34.1 Å². The Kier molecular flexibility index (Phi) is 7.84. The van der Waals surface area contributed by atoms with E-state index in [0.29, 0.717) is 29.8 Å². The summed E-state index contributed by atoms with van der Waals surface area (Å²) in [7, 11) is 0.793. The van der Waals surface area contributed by atoms with E-state index in [1.807, 2.05) is 0 Å². The zero-order valence-corrected chi connectivity index (χ0v) is 26.0. The fraction of sp³-hybridized carbons (Fsp3) is 0.657. The molecule has 1 aromatic carbocycles. The standard InChI is InChI=1S/C35H43F3O6/c1-22-14-18-33-21-31(33,2)16-8-11-27(33)32(22,3)17-15-23-12-13-26(42-20-23)25-19-28(39)43-29(25)44-30(40)34(41-4,35(36,37)38)24-9-6-5-7-10-24/h5-7,9-10,12,19,22,26-27,29H,8,11,13-18,20-21H2,1-4H3/t22-,26+,27+,29+,31-,32-,33-,34+/m0/s1. The zero-order valence-electron chi connectivity index (χ0n) is 26.0. The van der Waals surface area contributed by atoms with Crippen LogP contribution in [0.2, 0.25) is 0 Å². The molecular weight excluding hydrogens is 573 g/mol. The molecule has 3 fully saturated rings. The summed E-state index contributed by atoms with van der Waals surface area (Å²) in [6.45, 7) is 7.76. The van der Waals surface area contributed by atoms with Crippen molar-refractivity contribution in [3.05, 3.63) is 59.2 Å². The van der Waals surface area contributed by atoms with Gasteiger partial charge in [-0.2, -0.15) is 13.2 Å². The second-order valence-electron chi connectivity index (χ2n) is 14.2. The van der Waals surface area contributed by atoms with Crippen molar-refractivity contribution >= 4 is 11.9 Å². The molecule has 6 rings (SSSR count). The van der Waals surface area contributed by atoms with E-state index in [1.165, 1.54) is 62.3 Å². The number of carbonyl (C=O) groups is 2. The highest BCUT2D eigenvalue weighted by atomic mass is 19.4. The molecule has 3 saturated carbocycles. The van der Waals surface area contributed by atoms with Crippen LogP contribution >= 0.6 is 0 Å². The molecule has 3 aliphatic carbocycles. The zero-order chi connectivity index (χ0) is 31.5. The van der Waals surface area contributed by atoms with Crippen molar-refractivity contribution < 1.29 is 41.7 Å². The Labute approximate surface area is 257 Å². The van der Waals surface area contributed by atoms with Gasteiger partial charge in [0.1, 0.15) is 0 Å². The van der Waals surface area contributed by atoms with E-state index in [1.54, 1.807) is 0 Å². The smallest absolute Gasteiger partial charge is 0.418 e. The molecule has 8 atom stereocenters. The maximum absolute atomic E-state index is 14.4. The number of alkyl halides is 3. The number of rotatable bonds is 8. The second kappa shape index (κ2) is 11.0. The largest absolute Gasteiger partial charge is 0.432 e. The van der Waals surface area contributed by atoms with Crippen LogP contribution in [0.4, 0.5) is 13.2 Å². The van der Waals surface area contributed by atoms with Crippen LogP contribution in [0.25, 0.3) is 0 Å². The van der Waals surface area contributed by atoms with Gasteiger partial charge >= 0.3 is 18.1 Å². The van der Waals surface area contributed by atoms with Gasteiger partial charge in [-0.3, -0.25) is 0 Å². The predicted octanol–water partition coefficient (Wildman–Crippen LogP) is 7.57. The highest BCUT2D eigenvalue weighted by molar-refractivity contribution is 5.87.